The van der Waals surface area contributed by atoms with Crippen LogP contribution in [0.3, 0.4) is 0 Å². The van der Waals surface area contributed by atoms with Crippen LogP contribution in [0.25, 0.3) is 0 Å². The normalized spacial score (nSPS) is 10.4. The summed E-state index contributed by atoms with van der Waals surface area (Å²) in [4.78, 5) is 24.2. The zero-order valence-corrected chi connectivity index (χ0v) is 17.3. The first-order valence-electron chi connectivity index (χ1n) is 9.91. The first kappa shape index (κ1) is 22.1. The molecule has 0 unspecified atom stereocenters. The standard InChI is InChI=1S/C25H24O6/c1-28-17-18-30-24(26)20-9-13-23(14-10-20)31-25(27)21-7-11-22(12-8-21)29-16-15-19-5-3-2-4-6-19/h2-14H,15-18H2,1H3. The summed E-state index contributed by atoms with van der Waals surface area (Å²) in [5.74, 6) is 0.0643. The molecule has 6 nitrogen and oxygen atoms in total. The highest BCUT2D eigenvalue weighted by atomic mass is 16.6. The van der Waals surface area contributed by atoms with E-state index in [0.29, 0.717) is 35.8 Å². The fraction of sp³-hybridized carbons (Fsp3) is 0.200. The zero-order valence-electron chi connectivity index (χ0n) is 17.3. The lowest BCUT2D eigenvalue weighted by Gasteiger charge is -2.08. The van der Waals surface area contributed by atoms with Crippen molar-refractivity contribution in [1.29, 1.82) is 0 Å². The van der Waals surface area contributed by atoms with E-state index in [1.807, 2.05) is 18.2 Å². The summed E-state index contributed by atoms with van der Waals surface area (Å²) in [5.41, 5.74) is 1.98. The minimum Gasteiger partial charge on any atom is -0.493 e. The Morgan fingerprint density at radius 1 is 0.677 bits per heavy atom. The third-order valence-electron chi connectivity index (χ3n) is 4.41. The van der Waals surface area contributed by atoms with Crippen LogP contribution >= 0.6 is 0 Å². The molecular formula is C25H24O6. The quantitative estimate of drug-likeness (QED) is 0.276. The molecule has 0 saturated carbocycles. The molecule has 0 saturated heterocycles. The molecule has 160 valence electrons. The van der Waals surface area contributed by atoms with E-state index in [-0.39, 0.29) is 6.61 Å². The fourth-order valence-corrected chi connectivity index (χ4v) is 2.74. The monoisotopic (exact) mass is 420 g/mol. The smallest absolute Gasteiger partial charge is 0.343 e. The second kappa shape index (κ2) is 11.5. The molecule has 0 fully saturated rings. The average molecular weight is 420 g/mol. The van der Waals surface area contributed by atoms with Gasteiger partial charge < -0.3 is 18.9 Å². The van der Waals surface area contributed by atoms with E-state index in [4.69, 9.17) is 18.9 Å². The number of hydrogen-bond donors (Lipinski definition) is 0. The van der Waals surface area contributed by atoms with Crippen molar-refractivity contribution in [2.75, 3.05) is 26.9 Å². The summed E-state index contributed by atoms with van der Waals surface area (Å²) in [6.07, 6.45) is 0.806. The highest BCUT2D eigenvalue weighted by Gasteiger charge is 2.11. The van der Waals surface area contributed by atoms with Crippen molar-refractivity contribution in [3.63, 3.8) is 0 Å². The lowest BCUT2D eigenvalue weighted by molar-refractivity contribution is 0.0388. The zero-order chi connectivity index (χ0) is 21.9. The summed E-state index contributed by atoms with van der Waals surface area (Å²) in [6.45, 7) is 1.06. The second-order valence-corrected chi connectivity index (χ2v) is 6.65. The number of esters is 2. The molecule has 0 spiro atoms. The van der Waals surface area contributed by atoms with E-state index < -0.39 is 11.9 Å². The summed E-state index contributed by atoms with van der Waals surface area (Å²) < 4.78 is 21.0. The minimum atomic E-state index is -0.494. The maximum Gasteiger partial charge on any atom is 0.343 e. The van der Waals surface area contributed by atoms with Gasteiger partial charge in [-0.15, -0.1) is 0 Å². The fourth-order valence-electron chi connectivity index (χ4n) is 2.74. The number of benzene rings is 3. The predicted molar refractivity (Wildman–Crippen MR) is 116 cm³/mol. The van der Waals surface area contributed by atoms with Crippen LogP contribution in [0, 0.1) is 0 Å². The molecule has 0 radical (unpaired) electrons. The topological polar surface area (TPSA) is 71.1 Å². The van der Waals surface area contributed by atoms with Gasteiger partial charge in [-0.2, -0.15) is 0 Å². The molecule has 0 N–H and O–H groups in total. The van der Waals surface area contributed by atoms with Gasteiger partial charge >= 0.3 is 11.9 Å². The molecule has 0 heterocycles. The van der Waals surface area contributed by atoms with Gasteiger partial charge in [-0.25, -0.2) is 9.59 Å². The van der Waals surface area contributed by atoms with Gasteiger partial charge in [0.15, 0.2) is 0 Å². The van der Waals surface area contributed by atoms with Crippen LogP contribution in [-0.2, 0) is 15.9 Å². The van der Waals surface area contributed by atoms with Crippen molar-refractivity contribution >= 4 is 11.9 Å². The molecule has 0 aliphatic heterocycles. The number of hydrogen-bond acceptors (Lipinski definition) is 6. The SMILES string of the molecule is COCCOC(=O)c1ccc(OC(=O)c2ccc(OCCc3ccccc3)cc2)cc1. The van der Waals surface area contributed by atoms with E-state index in [9.17, 15) is 9.59 Å². The van der Waals surface area contributed by atoms with E-state index in [1.54, 1.807) is 48.5 Å². The molecule has 3 aromatic rings. The molecular weight excluding hydrogens is 396 g/mol. The highest BCUT2D eigenvalue weighted by molar-refractivity contribution is 5.92. The summed E-state index contributed by atoms with van der Waals surface area (Å²) >= 11 is 0. The lowest BCUT2D eigenvalue weighted by Crippen LogP contribution is -2.11. The van der Waals surface area contributed by atoms with Crippen molar-refractivity contribution in [2.24, 2.45) is 0 Å². The largest absolute Gasteiger partial charge is 0.493 e. The van der Waals surface area contributed by atoms with Gasteiger partial charge in [-0.3, -0.25) is 0 Å². The summed E-state index contributed by atoms with van der Waals surface area (Å²) in [5, 5.41) is 0. The molecule has 0 aliphatic carbocycles. The Hall–Kier alpha value is -3.64. The Bertz CT molecular complexity index is 965. The van der Waals surface area contributed by atoms with Crippen molar-refractivity contribution in [3.8, 4) is 11.5 Å². The Balaban J connectivity index is 1.48. The predicted octanol–water partition coefficient (Wildman–Crippen LogP) is 4.33. The van der Waals surface area contributed by atoms with E-state index in [0.717, 1.165) is 6.42 Å². The average Bonchev–Trinajstić information content (AvgIpc) is 2.81. The number of carbonyl (C=O) groups excluding carboxylic acids is 2. The molecule has 0 amide bonds. The first-order valence-corrected chi connectivity index (χ1v) is 9.91. The molecule has 6 heteroatoms. The molecule has 0 atom stereocenters. The van der Waals surface area contributed by atoms with E-state index in [1.165, 1.54) is 12.7 Å². The van der Waals surface area contributed by atoms with Crippen molar-refractivity contribution in [1.82, 2.24) is 0 Å². The minimum absolute atomic E-state index is 0.179. The van der Waals surface area contributed by atoms with Crippen LogP contribution in [0.15, 0.2) is 78.9 Å². The summed E-state index contributed by atoms with van der Waals surface area (Å²) in [6, 6.07) is 23.1. The van der Waals surface area contributed by atoms with Crippen molar-refractivity contribution in [2.45, 2.75) is 6.42 Å². The van der Waals surface area contributed by atoms with E-state index >= 15 is 0 Å². The van der Waals surface area contributed by atoms with Gasteiger partial charge in [0.1, 0.15) is 18.1 Å². The summed E-state index contributed by atoms with van der Waals surface area (Å²) in [7, 11) is 1.53. The number of ether oxygens (including phenoxy) is 4. The van der Waals surface area contributed by atoms with Crippen LogP contribution < -0.4 is 9.47 Å². The maximum absolute atomic E-state index is 12.3. The molecule has 0 aromatic heterocycles. The molecule has 0 bridgehead atoms. The maximum atomic E-state index is 12.3. The Labute approximate surface area is 181 Å². The third-order valence-corrected chi connectivity index (χ3v) is 4.41. The van der Waals surface area contributed by atoms with Crippen LogP contribution in [0.4, 0.5) is 0 Å². The molecule has 3 rings (SSSR count). The molecule has 31 heavy (non-hydrogen) atoms. The van der Waals surface area contributed by atoms with E-state index in [2.05, 4.69) is 12.1 Å². The van der Waals surface area contributed by atoms with Crippen LogP contribution in [0.1, 0.15) is 26.3 Å². The van der Waals surface area contributed by atoms with Crippen molar-refractivity contribution in [3.05, 3.63) is 95.6 Å². The Morgan fingerprint density at radius 3 is 1.94 bits per heavy atom. The van der Waals surface area contributed by atoms with Gasteiger partial charge in [0.25, 0.3) is 0 Å². The molecule has 3 aromatic carbocycles. The first-order chi connectivity index (χ1) is 15.2. The molecule has 0 aliphatic rings. The van der Waals surface area contributed by atoms with Crippen LogP contribution in [0.2, 0.25) is 0 Å². The highest BCUT2D eigenvalue weighted by Crippen LogP contribution is 2.17. The number of methoxy groups -OCH3 is 1. The van der Waals surface area contributed by atoms with Gasteiger partial charge in [0.2, 0.25) is 0 Å². The lowest BCUT2D eigenvalue weighted by atomic mass is 10.2. The van der Waals surface area contributed by atoms with Gasteiger partial charge in [-0.1, -0.05) is 30.3 Å². The van der Waals surface area contributed by atoms with Gasteiger partial charge in [0, 0.05) is 13.5 Å². The second-order valence-electron chi connectivity index (χ2n) is 6.65. The van der Waals surface area contributed by atoms with Crippen LogP contribution in [-0.4, -0.2) is 38.9 Å². The Kier molecular flexibility index (Phi) is 8.20. The van der Waals surface area contributed by atoms with Gasteiger partial charge in [-0.05, 0) is 54.1 Å². The third kappa shape index (κ3) is 6.97. The number of rotatable bonds is 10. The van der Waals surface area contributed by atoms with Crippen LogP contribution in [0.5, 0.6) is 11.5 Å². The number of carbonyl (C=O) groups is 2. The van der Waals surface area contributed by atoms with Crippen molar-refractivity contribution < 1.29 is 28.5 Å². The Morgan fingerprint density at radius 2 is 1.29 bits per heavy atom. The van der Waals surface area contributed by atoms with Gasteiger partial charge in [0.05, 0.1) is 24.3 Å².